The molecule has 19 heavy (non-hydrogen) atoms. The Labute approximate surface area is 112 Å². The normalized spacial score (nSPS) is 17.1. The van der Waals surface area contributed by atoms with Gasteiger partial charge in [-0.2, -0.15) is 5.26 Å². The average Bonchev–Trinajstić information content (AvgIpc) is 2.74. The van der Waals surface area contributed by atoms with Crippen LogP contribution in [0.4, 0.5) is 0 Å². The van der Waals surface area contributed by atoms with E-state index in [4.69, 9.17) is 5.26 Å². The molecular formula is C17H13NO. The Hall–Kier alpha value is -2.40. The minimum Gasteiger partial charge on any atom is -0.294 e. The lowest BCUT2D eigenvalue weighted by molar-refractivity contribution is 0.0946. The summed E-state index contributed by atoms with van der Waals surface area (Å²) in [6.07, 6.45) is 0.793. The number of rotatable bonds is 1. The van der Waals surface area contributed by atoms with Crippen molar-refractivity contribution in [3.8, 4) is 17.2 Å². The summed E-state index contributed by atoms with van der Waals surface area (Å²) in [6, 6.07) is 15.5. The number of nitrogens with zero attached hydrogens (tertiary/aromatic N) is 1. The zero-order valence-electron chi connectivity index (χ0n) is 10.7. The molecule has 1 unspecified atom stereocenters. The molecule has 1 atom stereocenters. The molecule has 0 aromatic heterocycles. The van der Waals surface area contributed by atoms with Crippen LogP contribution in [0.15, 0.2) is 42.5 Å². The summed E-state index contributed by atoms with van der Waals surface area (Å²) in [5.41, 5.74) is 4.69. The molecule has 0 saturated carbocycles. The monoisotopic (exact) mass is 247 g/mol. The van der Waals surface area contributed by atoms with Crippen LogP contribution in [0.25, 0.3) is 11.1 Å². The number of benzene rings is 2. The third-order valence-electron chi connectivity index (χ3n) is 3.70. The van der Waals surface area contributed by atoms with Crippen molar-refractivity contribution in [3.05, 3.63) is 59.2 Å². The van der Waals surface area contributed by atoms with Gasteiger partial charge in [0, 0.05) is 11.5 Å². The van der Waals surface area contributed by atoms with Gasteiger partial charge in [0.05, 0.1) is 11.6 Å². The lowest BCUT2D eigenvalue weighted by Crippen LogP contribution is -2.02. The lowest BCUT2D eigenvalue weighted by Gasteiger charge is -2.08. The number of fused-ring (bicyclic) bond motifs is 1. The van der Waals surface area contributed by atoms with Crippen LogP contribution < -0.4 is 0 Å². The highest BCUT2D eigenvalue weighted by atomic mass is 16.1. The van der Waals surface area contributed by atoms with Gasteiger partial charge < -0.3 is 0 Å². The van der Waals surface area contributed by atoms with Crippen LogP contribution in [0.1, 0.15) is 28.4 Å². The zero-order chi connectivity index (χ0) is 13.4. The van der Waals surface area contributed by atoms with Gasteiger partial charge in [-0.25, -0.2) is 0 Å². The molecule has 0 saturated heterocycles. The first-order valence-corrected chi connectivity index (χ1v) is 6.37. The Morgan fingerprint density at radius 1 is 1.16 bits per heavy atom. The van der Waals surface area contributed by atoms with Crippen LogP contribution >= 0.6 is 0 Å². The summed E-state index contributed by atoms with van der Waals surface area (Å²) in [7, 11) is 0. The number of ketones is 1. The average molecular weight is 247 g/mol. The SMILES string of the molecule is CC1Cc2c(cccc2-c2cccc(C#N)c2)C1=O. The summed E-state index contributed by atoms with van der Waals surface area (Å²) < 4.78 is 0. The van der Waals surface area contributed by atoms with E-state index in [1.165, 1.54) is 0 Å². The maximum atomic E-state index is 12.1. The molecule has 0 amide bonds. The molecule has 3 rings (SSSR count). The fraction of sp³-hybridized carbons (Fsp3) is 0.176. The smallest absolute Gasteiger partial charge is 0.166 e. The topological polar surface area (TPSA) is 40.9 Å². The van der Waals surface area contributed by atoms with Gasteiger partial charge in [0.2, 0.25) is 0 Å². The van der Waals surface area contributed by atoms with E-state index in [-0.39, 0.29) is 11.7 Å². The highest BCUT2D eigenvalue weighted by Crippen LogP contribution is 2.34. The number of hydrogen-bond acceptors (Lipinski definition) is 2. The quantitative estimate of drug-likeness (QED) is 0.772. The van der Waals surface area contributed by atoms with E-state index >= 15 is 0 Å². The molecule has 0 aliphatic heterocycles. The van der Waals surface area contributed by atoms with Crippen LogP contribution in [-0.2, 0) is 6.42 Å². The molecule has 0 heterocycles. The molecule has 0 fully saturated rings. The predicted octanol–water partition coefficient (Wildman–Crippen LogP) is 3.60. The van der Waals surface area contributed by atoms with Gasteiger partial charge in [-0.1, -0.05) is 37.3 Å². The van der Waals surface area contributed by atoms with E-state index in [9.17, 15) is 4.79 Å². The molecular weight excluding hydrogens is 234 g/mol. The zero-order valence-corrected chi connectivity index (χ0v) is 10.7. The van der Waals surface area contributed by atoms with Gasteiger partial charge >= 0.3 is 0 Å². The summed E-state index contributed by atoms with van der Waals surface area (Å²) in [6.45, 7) is 1.97. The molecule has 2 heteroatoms. The second-order valence-electron chi connectivity index (χ2n) is 4.99. The number of carbonyl (C=O) groups excluding carboxylic acids is 1. The Balaban J connectivity index is 2.18. The maximum Gasteiger partial charge on any atom is 0.166 e. The Morgan fingerprint density at radius 2 is 1.89 bits per heavy atom. The van der Waals surface area contributed by atoms with Crippen molar-refractivity contribution >= 4 is 5.78 Å². The van der Waals surface area contributed by atoms with Crippen molar-refractivity contribution in [2.24, 2.45) is 5.92 Å². The van der Waals surface area contributed by atoms with Gasteiger partial charge in [0.15, 0.2) is 5.78 Å². The van der Waals surface area contributed by atoms with Crippen molar-refractivity contribution in [1.29, 1.82) is 5.26 Å². The number of hydrogen-bond donors (Lipinski definition) is 0. The molecule has 2 aromatic carbocycles. The molecule has 92 valence electrons. The van der Waals surface area contributed by atoms with Crippen LogP contribution in [-0.4, -0.2) is 5.78 Å². The Morgan fingerprint density at radius 3 is 2.68 bits per heavy atom. The third kappa shape index (κ3) is 1.84. The molecule has 1 aliphatic rings. The van der Waals surface area contributed by atoms with Crippen LogP contribution in [0.3, 0.4) is 0 Å². The molecule has 1 aliphatic carbocycles. The first-order valence-electron chi connectivity index (χ1n) is 6.37. The lowest BCUT2D eigenvalue weighted by atomic mass is 9.95. The first-order chi connectivity index (χ1) is 9.20. The summed E-state index contributed by atoms with van der Waals surface area (Å²) >= 11 is 0. The van der Waals surface area contributed by atoms with E-state index in [0.29, 0.717) is 5.56 Å². The standard InChI is InChI=1S/C17H13NO/c1-11-8-16-14(6-3-7-15(16)17(11)19)13-5-2-4-12(9-13)10-18/h2-7,9,11H,8H2,1H3. The van der Waals surface area contributed by atoms with E-state index in [2.05, 4.69) is 6.07 Å². The second-order valence-corrected chi connectivity index (χ2v) is 4.99. The fourth-order valence-electron chi connectivity index (χ4n) is 2.73. The largest absolute Gasteiger partial charge is 0.294 e. The van der Waals surface area contributed by atoms with Crippen LogP contribution in [0.5, 0.6) is 0 Å². The summed E-state index contributed by atoms with van der Waals surface area (Å²) in [5.74, 6) is 0.295. The molecule has 0 radical (unpaired) electrons. The number of carbonyl (C=O) groups is 1. The van der Waals surface area contributed by atoms with Gasteiger partial charge in [-0.3, -0.25) is 4.79 Å². The van der Waals surface area contributed by atoms with Crippen molar-refractivity contribution in [3.63, 3.8) is 0 Å². The van der Waals surface area contributed by atoms with Crippen molar-refractivity contribution in [2.45, 2.75) is 13.3 Å². The number of nitriles is 1. The van der Waals surface area contributed by atoms with Gasteiger partial charge in [-0.15, -0.1) is 0 Å². The Kier molecular flexibility index (Phi) is 2.68. The van der Waals surface area contributed by atoms with Gasteiger partial charge in [0.1, 0.15) is 0 Å². The van der Waals surface area contributed by atoms with Gasteiger partial charge in [0.25, 0.3) is 0 Å². The van der Waals surface area contributed by atoms with Gasteiger partial charge in [-0.05, 0) is 35.2 Å². The molecule has 0 N–H and O–H groups in total. The molecule has 2 aromatic rings. The Bertz CT molecular complexity index is 709. The fourth-order valence-corrected chi connectivity index (χ4v) is 2.73. The summed E-state index contributed by atoms with van der Waals surface area (Å²) in [5, 5.41) is 8.98. The molecule has 0 spiro atoms. The summed E-state index contributed by atoms with van der Waals surface area (Å²) in [4.78, 5) is 12.1. The third-order valence-corrected chi connectivity index (χ3v) is 3.70. The van der Waals surface area contributed by atoms with Crippen LogP contribution in [0, 0.1) is 17.2 Å². The van der Waals surface area contributed by atoms with E-state index in [1.54, 1.807) is 6.07 Å². The predicted molar refractivity (Wildman–Crippen MR) is 73.8 cm³/mol. The highest BCUT2D eigenvalue weighted by Gasteiger charge is 2.28. The van der Waals surface area contributed by atoms with E-state index in [1.807, 2.05) is 43.3 Å². The highest BCUT2D eigenvalue weighted by molar-refractivity contribution is 6.03. The molecule has 0 bridgehead atoms. The van der Waals surface area contributed by atoms with Crippen molar-refractivity contribution < 1.29 is 4.79 Å². The van der Waals surface area contributed by atoms with Crippen molar-refractivity contribution in [1.82, 2.24) is 0 Å². The van der Waals surface area contributed by atoms with E-state index in [0.717, 1.165) is 28.7 Å². The maximum absolute atomic E-state index is 12.1. The molecule has 2 nitrogen and oxygen atoms in total. The van der Waals surface area contributed by atoms with Crippen molar-refractivity contribution in [2.75, 3.05) is 0 Å². The second kappa shape index (κ2) is 4.37. The van der Waals surface area contributed by atoms with Crippen LogP contribution in [0.2, 0.25) is 0 Å². The van der Waals surface area contributed by atoms with E-state index < -0.39 is 0 Å². The first kappa shape index (κ1) is 11.7. The number of Topliss-reactive ketones (excluding diaryl/α,β-unsaturated/α-hetero) is 1. The minimum absolute atomic E-state index is 0.0651. The minimum atomic E-state index is 0.0651.